The molecule has 1 fully saturated rings. The number of hydrogen-bond acceptors (Lipinski definition) is 6. The predicted molar refractivity (Wildman–Crippen MR) is 113 cm³/mol. The van der Waals surface area contributed by atoms with Crippen molar-refractivity contribution >= 4 is 15.9 Å². The van der Waals surface area contributed by atoms with Crippen LogP contribution in [0.1, 0.15) is 36.6 Å². The number of benzene rings is 1. The van der Waals surface area contributed by atoms with Crippen LogP contribution in [-0.4, -0.2) is 49.5 Å². The molecule has 7 nitrogen and oxygen atoms in total. The van der Waals surface area contributed by atoms with E-state index in [1.54, 1.807) is 12.3 Å². The molecule has 1 saturated carbocycles. The van der Waals surface area contributed by atoms with Gasteiger partial charge in [-0.1, -0.05) is 11.2 Å². The molecule has 0 saturated heterocycles. The molecule has 2 aliphatic rings. The minimum atomic E-state index is -3.23. The van der Waals surface area contributed by atoms with Gasteiger partial charge in [0.25, 0.3) is 0 Å². The van der Waals surface area contributed by atoms with Crippen LogP contribution in [0.4, 0.5) is 8.78 Å². The standard InChI is InChI=1S/C21H24F2N4O3S/c1-12-7-15(20-16(22)5-4-6-17(20)23)21(24-11-12)18-10-19(25-30-18)27(2)14-8-13(9-14)26-31(3,28)29/h4-7,11,13-14,18,26H,8-10H2,1-3H3. The number of aryl methyl sites for hydroxylation is 1. The van der Waals surface area contributed by atoms with Gasteiger partial charge in [-0.25, -0.2) is 21.9 Å². The van der Waals surface area contributed by atoms with Gasteiger partial charge in [-0.15, -0.1) is 0 Å². The van der Waals surface area contributed by atoms with E-state index in [9.17, 15) is 17.2 Å². The molecule has 1 aromatic heterocycles. The molecule has 166 valence electrons. The molecule has 0 spiro atoms. The number of oxime groups is 1. The molecule has 2 heterocycles. The average molecular weight is 451 g/mol. The van der Waals surface area contributed by atoms with E-state index in [0.29, 0.717) is 36.4 Å². The molecular weight excluding hydrogens is 426 g/mol. The van der Waals surface area contributed by atoms with Crippen molar-refractivity contribution in [2.45, 2.75) is 44.4 Å². The van der Waals surface area contributed by atoms with Crippen molar-refractivity contribution in [2.24, 2.45) is 5.16 Å². The zero-order chi connectivity index (χ0) is 22.3. The second-order valence-electron chi connectivity index (χ2n) is 8.17. The predicted octanol–water partition coefficient (Wildman–Crippen LogP) is 3.12. The number of nitrogens with one attached hydrogen (secondary N) is 1. The van der Waals surface area contributed by atoms with E-state index >= 15 is 0 Å². The van der Waals surface area contributed by atoms with Crippen molar-refractivity contribution in [3.8, 4) is 11.1 Å². The summed E-state index contributed by atoms with van der Waals surface area (Å²) in [6, 6.07) is 5.50. The number of halogens is 2. The van der Waals surface area contributed by atoms with E-state index in [-0.39, 0.29) is 17.6 Å². The summed E-state index contributed by atoms with van der Waals surface area (Å²) >= 11 is 0. The Bertz CT molecular complexity index is 1110. The molecule has 10 heteroatoms. The van der Waals surface area contributed by atoms with E-state index in [1.807, 2.05) is 18.9 Å². The third kappa shape index (κ3) is 4.54. The third-order valence-electron chi connectivity index (χ3n) is 5.69. The van der Waals surface area contributed by atoms with Crippen LogP contribution < -0.4 is 4.72 Å². The van der Waals surface area contributed by atoms with Crippen LogP contribution in [0, 0.1) is 18.6 Å². The van der Waals surface area contributed by atoms with E-state index in [4.69, 9.17) is 4.84 Å². The first kappa shape index (κ1) is 21.6. The van der Waals surface area contributed by atoms with Crippen LogP contribution in [0.2, 0.25) is 0 Å². The van der Waals surface area contributed by atoms with Crippen LogP contribution in [0.25, 0.3) is 11.1 Å². The Hall–Kier alpha value is -2.59. The number of aromatic nitrogens is 1. The van der Waals surface area contributed by atoms with Crippen molar-refractivity contribution in [3.05, 3.63) is 53.4 Å². The molecule has 1 unspecified atom stereocenters. The highest BCUT2D eigenvalue weighted by atomic mass is 32.2. The van der Waals surface area contributed by atoms with E-state index in [1.165, 1.54) is 18.2 Å². The number of hydrogen-bond donors (Lipinski definition) is 1. The maximum Gasteiger partial charge on any atom is 0.208 e. The van der Waals surface area contributed by atoms with Crippen molar-refractivity contribution in [3.63, 3.8) is 0 Å². The van der Waals surface area contributed by atoms with Crippen molar-refractivity contribution in [2.75, 3.05) is 13.3 Å². The minimum Gasteiger partial charge on any atom is -0.384 e. The van der Waals surface area contributed by atoms with Gasteiger partial charge in [-0.2, -0.15) is 0 Å². The quantitative estimate of drug-likeness (QED) is 0.757. The first-order chi connectivity index (χ1) is 14.6. The largest absolute Gasteiger partial charge is 0.384 e. The molecule has 1 aromatic carbocycles. The van der Waals surface area contributed by atoms with Crippen LogP contribution >= 0.6 is 0 Å². The van der Waals surface area contributed by atoms with Gasteiger partial charge >= 0.3 is 0 Å². The molecule has 1 aliphatic heterocycles. The maximum atomic E-state index is 14.5. The molecule has 1 atom stereocenters. The Morgan fingerprint density at radius 2 is 1.90 bits per heavy atom. The van der Waals surface area contributed by atoms with Crippen molar-refractivity contribution in [1.82, 2.24) is 14.6 Å². The Balaban J connectivity index is 1.50. The highest BCUT2D eigenvalue weighted by molar-refractivity contribution is 7.88. The fourth-order valence-electron chi connectivity index (χ4n) is 4.03. The fraction of sp³-hybridized carbons (Fsp3) is 0.429. The molecule has 1 N–H and O–H groups in total. The number of amidine groups is 1. The van der Waals surface area contributed by atoms with E-state index < -0.39 is 27.8 Å². The van der Waals surface area contributed by atoms with Gasteiger partial charge in [0.1, 0.15) is 17.5 Å². The summed E-state index contributed by atoms with van der Waals surface area (Å²) < 4.78 is 54.2. The highest BCUT2D eigenvalue weighted by Crippen LogP contribution is 2.37. The topological polar surface area (TPSA) is 83.9 Å². The molecule has 4 rings (SSSR count). The fourth-order valence-corrected chi connectivity index (χ4v) is 4.82. The summed E-state index contributed by atoms with van der Waals surface area (Å²) in [6.45, 7) is 1.81. The maximum absolute atomic E-state index is 14.5. The Kier molecular flexibility index (Phi) is 5.69. The Morgan fingerprint density at radius 1 is 1.23 bits per heavy atom. The van der Waals surface area contributed by atoms with Gasteiger partial charge in [0.05, 0.1) is 23.9 Å². The SMILES string of the molecule is Cc1cnc(C2CC(N(C)C3CC(NS(C)(=O)=O)C3)=NO2)c(-c2c(F)cccc2F)c1. The molecule has 0 amide bonds. The van der Waals surface area contributed by atoms with Crippen LogP contribution in [0.3, 0.4) is 0 Å². The number of rotatable bonds is 5. The highest BCUT2D eigenvalue weighted by Gasteiger charge is 2.38. The smallest absolute Gasteiger partial charge is 0.208 e. The molecule has 31 heavy (non-hydrogen) atoms. The Labute approximate surface area is 180 Å². The van der Waals surface area contributed by atoms with E-state index in [0.717, 1.165) is 11.8 Å². The van der Waals surface area contributed by atoms with Gasteiger partial charge in [0, 0.05) is 30.9 Å². The lowest BCUT2D eigenvalue weighted by Gasteiger charge is -2.41. The molecule has 0 radical (unpaired) electrons. The number of sulfonamides is 1. The summed E-state index contributed by atoms with van der Waals surface area (Å²) in [5, 5.41) is 4.17. The van der Waals surface area contributed by atoms with Gasteiger partial charge in [0.15, 0.2) is 6.10 Å². The summed E-state index contributed by atoms with van der Waals surface area (Å²) in [4.78, 5) is 12.0. The van der Waals surface area contributed by atoms with Crippen LogP contribution in [0.15, 0.2) is 35.6 Å². The van der Waals surface area contributed by atoms with Gasteiger partial charge in [-0.05, 0) is 43.5 Å². The summed E-state index contributed by atoms with van der Waals surface area (Å²) in [5.74, 6) is -0.636. The molecular formula is C21H24F2N4O3S. The Morgan fingerprint density at radius 3 is 2.55 bits per heavy atom. The third-order valence-corrected chi connectivity index (χ3v) is 6.46. The van der Waals surface area contributed by atoms with Crippen LogP contribution in [-0.2, 0) is 14.9 Å². The van der Waals surface area contributed by atoms with Crippen molar-refractivity contribution < 1.29 is 22.0 Å². The lowest BCUT2D eigenvalue weighted by molar-refractivity contribution is 0.0826. The zero-order valence-electron chi connectivity index (χ0n) is 17.5. The molecule has 1 aliphatic carbocycles. The lowest BCUT2D eigenvalue weighted by Crippen LogP contribution is -2.53. The van der Waals surface area contributed by atoms with Gasteiger partial charge < -0.3 is 9.74 Å². The van der Waals surface area contributed by atoms with E-state index in [2.05, 4.69) is 14.9 Å². The summed E-state index contributed by atoms with van der Waals surface area (Å²) in [7, 11) is -1.35. The zero-order valence-corrected chi connectivity index (χ0v) is 18.3. The first-order valence-electron chi connectivity index (χ1n) is 9.96. The van der Waals surface area contributed by atoms with Gasteiger partial charge in [-0.3, -0.25) is 4.98 Å². The van der Waals surface area contributed by atoms with Crippen LogP contribution in [0.5, 0.6) is 0 Å². The van der Waals surface area contributed by atoms with Gasteiger partial charge in [0.2, 0.25) is 10.0 Å². The molecule has 0 bridgehead atoms. The summed E-state index contributed by atoms with van der Waals surface area (Å²) in [6.07, 6.45) is 3.95. The molecule has 2 aromatic rings. The second kappa shape index (κ2) is 8.16. The number of pyridine rings is 1. The number of nitrogens with zero attached hydrogens (tertiary/aromatic N) is 3. The first-order valence-corrected chi connectivity index (χ1v) is 11.8. The minimum absolute atomic E-state index is 0.0874. The average Bonchev–Trinajstić information content (AvgIpc) is 3.13. The summed E-state index contributed by atoms with van der Waals surface area (Å²) in [5.41, 5.74) is 1.41. The lowest BCUT2D eigenvalue weighted by atomic mass is 9.86. The second-order valence-corrected chi connectivity index (χ2v) is 9.95. The normalized spacial score (nSPS) is 23.1. The monoisotopic (exact) mass is 450 g/mol. The van der Waals surface area contributed by atoms with Crippen molar-refractivity contribution in [1.29, 1.82) is 0 Å².